The smallest absolute Gasteiger partial charge is 0.226 e. The molecule has 22 heavy (non-hydrogen) atoms. The first kappa shape index (κ1) is 15.0. The van der Waals surface area contributed by atoms with Crippen LogP contribution in [0.1, 0.15) is 31.5 Å². The fraction of sp³-hybridized carbons (Fsp3) is 0.562. The van der Waals surface area contributed by atoms with Crippen LogP contribution in [0.5, 0.6) is 0 Å². The van der Waals surface area contributed by atoms with Crippen LogP contribution in [0.3, 0.4) is 0 Å². The third kappa shape index (κ3) is 3.11. The predicted molar refractivity (Wildman–Crippen MR) is 90.5 cm³/mol. The number of aryl methyl sites for hydroxylation is 2. The molecule has 0 saturated carbocycles. The van der Waals surface area contributed by atoms with E-state index in [1.54, 1.807) is 0 Å². The number of nitrogens with one attached hydrogen (secondary N) is 3. The summed E-state index contributed by atoms with van der Waals surface area (Å²) in [4.78, 5) is 13.9. The van der Waals surface area contributed by atoms with Gasteiger partial charge in [0.05, 0.1) is 5.39 Å². The number of hydrogen-bond acceptors (Lipinski definition) is 6. The zero-order valence-electron chi connectivity index (χ0n) is 13.7. The van der Waals surface area contributed by atoms with Gasteiger partial charge in [-0.05, 0) is 52.3 Å². The Morgan fingerprint density at radius 2 is 2.05 bits per heavy atom. The molecule has 0 amide bonds. The number of hydrogen-bond donors (Lipinski definition) is 3. The van der Waals surface area contributed by atoms with E-state index in [0.29, 0.717) is 18.0 Å². The van der Waals surface area contributed by atoms with Crippen molar-refractivity contribution in [3.05, 3.63) is 17.3 Å². The molecule has 1 atom stereocenters. The van der Waals surface area contributed by atoms with Crippen molar-refractivity contribution < 1.29 is 0 Å². The Morgan fingerprint density at radius 3 is 2.73 bits per heavy atom. The second-order valence-electron chi connectivity index (χ2n) is 6.31. The Bertz CT molecular complexity index is 676. The van der Waals surface area contributed by atoms with Crippen molar-refractivity contribution in [1.82, 2.24) is 20.3 Å². The second-order valence-corrected chi connectivity index (χ2v) is 6.31. The molecule has 2 aromatic rings. The minimum Gasteiger partial charge on any atom is -0.367 e. The lowest BCUT2D eigenvalue weighted by Crippen LogP contribution is -2.24. The molecule has 0 aromatic carbocycles. The van der Waals surface area contributed by atoms with Crippen LogP contribution < -0.4 is 16.0 Å². The van der Waals surface area contributed by atoms with Crippen molar-refractivity contribution in [2.24, 2.45) is 0 Å². The molecule has 118 valence electrons. The van der Waals surface area contributed by atoms with Gasteiger partial charge in [-0.25, -0.2) is 4.98 Å². The molecule has 0 spiro atoms. The predicted octanol–water partition coefficient (Wildman–Crippen LogP) is 2.24. The Balaban J connectivity index is 2.06. The van der Waals surface area contributed by atoms with Gasteiger partial charge in [-0.15, -0.1) is 0 Å². The molecule has 1 fully saturated rings. The summed E-state index contributed by atoms with van der Waals surface area (Å²) in [6, 6.07) is 2.76. The number of rotatable bonds is 4. The number of fused-ring (bicyclic) bond motifs is 1. The van der Waals surface area contributed by atoms with Gasteiger partial charge in [0.2, 0.25) is 5.95 Å². The van der Waals surface area contributed by atoms with Crippen molar-refractivity contribution >= 4 is 22.8 Å². The zero-order valence-corrected chi connectivity index (χ0v) is 13.7. The van der Waals surface area contributed by atoms with Crippen molar-refractivity contribution in [3.63, 3.8) is 0 Å². The number of anilines is 2. The van der Waals surface area contributed by atoms with E-state index < -0.39 is 0 Å². The van der Waals surface area contributed by atoms with Crippen LogP contribution in [0.15, 0.2) is 6.07 Å². The summed E-state index contributed by atoms with van der Waals surface area (Å²) in [5.74, 6) is 1.51. The lowest BCUT2D eigenvalue weighted by Gasteiger charge is -2.17. The van der Waals surface area contributed by atoms with Gasteiger partial charge in [-0.2, -0.15) is 9.97 Å². The summed E-state index contributed by atoms with van der Waals surface area (Å²) < 4.78 is 0. The molecular formula is C16H24N6. The normalized spacial score (nSPS) is 18.1. The summed E-state index contributed by atoms with van der Waals surface area (Å²) in [6.07, 6.45) is 1.09. The van der Waals surface area contributed by atoms with Crippen LogP contribution in [0.25, 0.3) is 11.0 Å². The summed E-state index contributed by atoms with van der Waals surface area (Å²) in [5.41, 5.74) is 2.89. The fourth-order valence-electron chi connectivity index (χ4n) is 2.88. The van der Waals surface area contributed by atoms with E-state index in [4.69, 9.17) is 4.98 Å². The molecule has 6 heteroatoms. The quantitative estimate of drug-likeness (QED) is 0.804. The number of nitrogens with zero attached hydrogens (tertiary/aromatic N) is 3. The Kier molecular flexibility index (Phi) is 4.11. The topological polar surface area (TPSA) is 74.8 Å². The molecule has 1 saturated heterocycles. The molecular weight excluding hydrogens is 276 g/mol. The second kappa shape index (κ2) is 6.04. The highest BCUT2D eigenvalue weighted by Gasteiger charge is 2.18. The first-order valence-electron chi connectivity index (χ1n) is 7.92. The van der Waals surface area contributed by atoms with Crippen molar-refractivity contribution in [2.75, 3.05) is 23.7 Å². The molecule has 3 rings (SSSR count). The summed E-state index contributed by atoms with van der Waals surface area (Å²) in [6.45, 7) is 10.3. The lowest BCUT2D eigenvalue weighted by molar-refractivity contribution is 0.781. The van der Waals surface area contributed by atoms with Gasteiger partial charge in [0.1, 0.15) is 5.82 Å². The Hall–Kier alpha value is -1.95. The maximum atomic E-state index is 4.69. The van der Waals surface area contributed by atoms with E-state index >= 15 is 0 Å². The van der Waals surface area contributed by atoms with Crippen molar-refractivity contribution in [3.8, 4) is 0 Å². The molecule has 1 aliphatic rings. The largest absolute Gasteiger partial charge is 0.367 e. The van der Waals surface area contributed by atoms with E-state index in [1.807, 2.05) is 6.92 Å². The SMILES string of the molecule is Cc1cc(C)c2c(NC(C)C)nc(N[C@@H]3CCNC3)nc2n1. The van der Waals surface area contributed by atoms with E-state index in [0.717, 1.165) is 47.6 Å². The molecule has 6 nitrogen and oxygen atoms in total. The molecule has 0 aliphatic carbocycles. The van der Waals surface area contributed by atoms with E-state index in [-0.39, 0.29) is 0 Å². The van der Waals surface area contributed by atoms with Crippen molar-refractivity contribution in [2.45, 2.75) is 46.2 Å². The summed E-state index contributed by atoms with van der Waals surface area (Å²) in [7, 11) is 0. The molecule has 3 N–H and O–H groups in total. The Labute approximate surface area is 131 Å². The van der Waals surface area contributed by atoms with Gasteiger partial charge in [-0.1, -0.05) is 0 Å². The number of aromatic nitrogens is 3. The van der Waals surface area contributed by atoms with E-state index in [1.165, 1.54) is 0 Å². The standard InChI is InChI=1S/C16H24N6/c1-9(2)18-14-13-10(3)7-11(4)19-15(13)22-16(21-14)20-12-5-6-17-8-12/h7,9,12,17H,5-6,8H2,1-4H3,(H2,18,19,20,21,22)/t12-/m1/s1. The van der Waals surface area contributed by atoms with Gasteiger partial charge in [0, 0.05) is 24.3 Å². The first-order chi connectivity index (χ1) is 10.5. The van der Waals surface area contributed by atoms with Crippen LogP contribution in [0, 0.1) is 13.8 Å². The summed E-state index contributed by atoms with van der Waals surface area (Å²) in [5, 5.41) is 11.2. The third-order valence-electron chi connectivity index (χ3n) is 3.81. The van der Waals surface area contributed by atoms with Gasteiger partial charge in [0.15, 0.2) is 5.65 Å². The number of pyridine rings is 1. The van der Waals surface area contributed by atoms with Crippen LogP contribution in [-0.2, 0) is 0 Å². The highest BCUT2D eigenvalue weighted by Crippen LogP contribution is 2.26. The van der Waals surface area contributed by atoms with E-state index in [2.05, 4.69) is 52.8 Å². The highest BCUT2D eigenvalue weighted by atomic mass is 15.2. The van der Waals surface area contributed by atoms with Crippen LogP contribution in [-0.4, -0.2) is 40.1 Å². The molecule has 2 aromatic heterocycles. The molecule has 0 unspecified atom stereocenters. The third-order valence-corrected chi connectivity index (χ3v) is 3.81. The van der Waals surface area contributed by atoms with E-state index in [9.17, 15) is 0 Å². The van der Waals surface area contributed by atoms with Gasteiger partial charge < -0.3 is 16.0 Å². The fourth-order valence-corrected chi connectivity index (χ4v) is 2.88. The molecule has 0 bridgehead atoms. The average molecular weight is 300 g/mol. The van der Waals surface area contributed by atoms with Crippen molar-refractivity contribution in [1.29, 1.82) is 0 Å². The van der Waals surface area contributed by atoms with Crippen LogP contribution in [0.4, 0.5) is 11.8 Å². The van der Waals surface area contributed by atoms with Gasteiger partial charge in [0.25, 0.3) is 0 Å². The monoisotopic (exact) mass is 300 g/mol. The van der Waals surface area contributed by atoms with Gasteiger partial charge >= 0.3 is 0 Å². The molecule has 0 radical (unpaired) electrons. The summed E-state index contributed by atoms with van der Waals surface area (Å²) >= 11 is 0. The minimum absolute atomic E-state index is 0.305. The van der Waals surface area contributed by atoms with Crippen LogP contribution >= 0.6 is 0 Å². The minimum atomic E-state index is 0.305. The first-order valence-corrected chi connectivity index (χ1v) is 7.92. The van der Waals surface area contributed by atoms with Gasteiger partial charge in [-0.3, -0.25) is 0 Å². The highest BCUT2D eigenvalue weighted by molar-refractivity contribution is 5.90. The maximum Gasteiger partial charge on any atom is 0.226 e. The Morgan fingerprint density at radius 1 is 1.23 bits per heavy atom. The molecule has 3 heterocycles. The molecule has 1 aliphatic heterocycles. The zero-order chi connectivity index (χ0) is 15.7. The lowest BCUT2D eigenvalue weighted by atomic mass is 10.1. The van der Waals surface area contributed by atoms with Crippen LogP contribution in [0.2, 0.25) is 0 Å². The average Bonchev–Trinajstić information content (AvgIpc) is 2.89. The maximum absolute atomic E-state index is 4.69.